The topological polar surface area (TPSA) is 85.7 Å². The van der Waals surface area contributed by atoms with Crippen molar-refractivity contribution >= 4 is 12.0 Å². The zero-order valence-corrected chi connectivity index (χ0v) is 22.1. The molecule has 8 heteroatoms. The summed E-state index contributed by atoms with van der Waals surface area (Å²) in [6.07, 6.45) is 3.99. The van der Waals surface area contributed by atoms with Crippen LogP contribution in [0, 0.1) is 23.1 Å². The van der Waals surface area contributed by atoms with Gasteiger partial charge in [-0.2, -0.15) is 5.26 Å². The number of carbonyl (C=O) groups is 2. The number of likely N-dealkylation sites (tertiary alicyclic amines) is 2. The van der Waals surface area contributed by atoms with Gasteiger partial charge in [-0.1, -0.05) is 19.1 Å². The van der Waals surface area contributed by atoms with Crippen molar-refractivity contribution in [2.75, 3.05) is 20.1 Å². The van der Waals surface area contributed by atoms with Gasteiger partial charge in [-0.25, -0.2) is 9.18 Å². The van der Waals surface area contributed by atoms with Gasteiger partial charge in [0.15, 0.2) is 0 Å². The molecule has 2 aliphatic heterocycles. The number of nitriles is 1. The molecule has 2 heterocycles. The Morgan fingerprint density at radius 2 is 1.97 bits per heavy atom. The molecule has 1 aromatic rings. The normalized spacial score (nSPS) is 26.4. The molecule has 1 saturated carbocycles. The highest BCUT2D eigenvalue weighted by Gasteiger charge is 2.52. The maximum Gasteiger partial charge on any atom is 0.411 e. The van der Waals surface area contributed by atoms with Gasteiger partial charge in [-0.3, -0.25) is 9.69 Å². The molecule has 2 saturated heterocycles. The Kier molecular flexibility index (Phi) is 7.34. The summed E-state index contributed by atoms with van der Waals surface area (Å²) in [5, 5.41) is 12.5. The number of hydrogen-bond donors (Lipinski definition) is 1. The smallest absolute Gasteiger partial charge is 0.411 e. The Bertz CT molecular complexity index is 1040. The fourth-order valence-corrected chi connectivity index (χ4v) is 6.00. The van der Waals surface area contributed by atoms with Crippen LogP contribution in [0.4, 0.5) is 9.18 Å². The lowest BCUT2D eigenvalue weighted by Crippen LogP contribution is -2.55. The first kappa shape index (κ1) is 26.4. The SMILES string of the molecule is CN1CCC(C)(c2ccc(C[C@@H](C#N)NC(=O)C3[C@H]4CC[C@H](C4)N3C(=O)OC(C)(C)C)c(F)c2)CC1. The number of carbonyl (C=O) groups excluding carboxylic acids is 2. The van der Waals surface area contributed by atoms with Gasteiger partial charge in [-0.15, -0.1) is 0 Å². The van der Waals surface area contributed by atoms with Crippen LogP contribution < -0.4 is 5.32 Å². The summed E-state index contributed by atoms with van der Waals surface area (Å²) in [6, 6.07) is 5.83. The first-order valence-electron chi connectivity index (χ1n) is 13.1. The van der Waals surface area contributed by atoms with Crippen LogP contribution >= 0.6 is 0 Å². The fourth-order valence-electron chi connectivity index (χ4n) is 6.00. The minimum Gasteiger partial charge on any atom is -0.444 e. The highest BCUT2D eigenvalue weighted by atomic mass is 19.1. The predicted octanol–water partition coefficient (Wildman–Crippen LogP) is 4.15. The van der Waals surface area contributed by atoms with Crippen LogP contribution in [-0.4, -0.2) is 65.7 Å². The molecule has 1 N–H and O–H groups in total. The van der Waals surface area contributed by atoms with E-state index < -0.39 is 23.8 Å². The van der Waals surface area contributed by atoms with Crippen LogP contribution in [0.15, 0.2) is 18.2 Å². The van der Waals surface area contributed by atoms with E-state index in [0.29, 0.717) is 5.56 Å². The molecule has 1 aliphatic carbocycles. The first-order valence-corrected chi connectivity index (χ1v) is 13.1. The molecule has 7 nitrogen and oxygen atoms in total. The van der Waals surface area contributed by atoms with Crippen molar-refractivity contribution in [1.82, 2.24) is 15.1 Å². The van der Waals surface area contributed by atoms with Crippen molar-refractivity contribution < 1.29 is 18.7 Å². The lowest BCUT2D eigenvalue weighted by molar-refractivity contribution is -0.128. The van der Waals surface area contributed by atoms with E-state index in [-0.39, 0.29) is 35.5 Å². The van der Waals surface area contributed by atoms with E-state index in [0.717, 1.165) is 50.8 Å². The minimum absolute atomic E-state index is 0.0212. The van der Waals surface area contributed by atoms with Gasteiger partial charge < -0.3 is 15.0 Å². The molecule has 4 rings (SSSR count). The summed E-state index contributed by atoms with van der Waals surface area (Å²) < 4.78 is 20.7. The number of benzene rings is 1. The summed E-state index contributed by atoms with van der Waals surface area (Å²) in [6.45, 7) is 9.53. The first-order chi connectivity index (χ1) is 16.9. The van der Waals surface area contributed by atoms with E-state index in [2.05, 4.69) is 30.3 Å². The highest BCUT2D eigenvalue weighted by Crippen LogP contribution is 2.43. The molecule has 1 unspecified atom stereocenters. The van der Waals surface area contributed by atoms with Crippen LogP contribution in [0.5, 0.6) is 0 Å². The van der Waals surface area contributed by atoms with E-state index in [4.69, 9.17) is 4.74 Å². The van der Waals surface area contributed by atoms with E-state index in [1.807, 2.05) is 6.07 Å². The molecule has 2 bridgehead atoms. The number of halogens is 1. The Labute approximate surface area is 214 Å². The molecule has 0 spiro atoms. The number of nitrogens with one attached hydrogen (secondary N) is 1. The minimum atomic E-state index is -0.892. The number of nitrogens with zero attached hydrogens (tertiary/aromatic N) is 3. The number of rotatable bonds is 5. The monoisotopic (exact) mass is 498 g/mol. The second-order valence-corrected chi connectivity index (χ2v) is 12.1. The molecule has 0 aromatic heterocycles. The Morgan fingerprint density at radius 3 is 2.58 bits per heavy atom. The fraction of sp³-hybridized carbons (Fsp3) is 0.679. The average Bonchev–Trinajstić information content (AvgIpc) is 3.42. The molecule has 3 fully saturated rings. The average molecular weight is 499 g/mol. The van der Waals surface area contributed by atoms with Crippen LogP contribution in [0.1, 0.15) is 70.9 Å². The van der Waals surface area contributed by atoms with E-state index >= 15 is 4.39 Å². The molecule has 3 aliphatic rings. The van der Waals surface area contributed by atoms with Gasteiger partial charge in [-0.05, 0) is 102 Å². The van der Waals surface area contributed by atoms with Gasteiger partial charge in [0.25, 0.3) is 0 Å². The lowest BCUT2D eigenvalue weighted by atomic mass is 9.74. The van der Waals surface area contributed by atoms with Gasteiger partial charge in [0, 0.05) is 12.5 Å². The van der Waals surface area contributed by atoms with E-state index in [9.17, 15) is 14.9 Å². The van der Waals surface area contributed by atoms with Crippen molar-refractivity contribution in [3.05, 3.63) is 35.1 Å². The van der Waals surface area contributed by atoms with Crippen molar-refractivity contribution in [3.8, 4) is 6.07 Å². The summed E-state index contributed by atoms with van der Waals surface area (Å²) in [5.41, 5.74) is 0.647. The zero-order valence-electron chi connectivity index (χ0n) is 22.1. The Balaban J connectivity index is 1.43. The van der Waals surface area contributed by atoms with E-state index in [1.165, 1.54) is 0 Å². The van der Waals surface area contributed by atoms with Crippen LogP contribution in [0.3, 0.4) is 0 Å². The molecular weight excluding hydrogens is 459 g/mol. The van der Waals surface area contributed by atoms with Crippen LogP contribution in [0.25, 0.3) is 0 Å². The number of amides is 2. The number of fused-ring (bicyclic) bond motifs is 2. The van der Waals surface area contributed by atoms with Gasteiger partial charge in [0.1, 0.15) is 23.5 Å². The molecule has 2 amide bonds. The number of hydrogen-bond acceptors (Lipinski definition) is 5. The number of ether oxygens (including phenoxy) is 1. The molecule has 1 aromatic carbocycles. The van der Waals surface area contributed by atoms with Gasteiger partial charge in [0.05, 0.1) is 6.07 Å². The number of piperidine rings is 2. The second kappa shape index (κ2) is 10.0. The zero-order chi connectivity index (χ0) is 26.3. The molecule has 36 heavy (non-hydrogen) atoms. The lowest BCUT2D eigenvalue weighted by Gasteiger charge is -2.38. The quantitative estimate of drug-likeness (QED) is 0.659. The van der Waals surface area contributed by atoms with E-state index in [1.54, 1.807) is 37.8 Å². The largest absolute Gasteiger partial charge is 0.444 e. The van der Waals surface area contributed by atoms with Crippen molar-refractivity contribution in [1.29, 1.82) is 5.26 Å². The predicted molar refractivity (Wildman–Crippen MR) is 135 cm³/mol. The summed E-state index contributed by atoms with van der Waals surface area (Å²) >= 11 is 0. The van der Waals surface area contributed by atoms with Crippen molar-refractivity contribution in [3.63, 3.8) is 0 Å². The molecule has 4 atom stereocenters. The third-order valence-electron chi connectivity index (χ3n) is 8.20. The Hall–Kier alpha value is -2.66. The maximum atomic E-state index is 15.1. The maximum absolute atomic E-state index is 15.1. The van der Waals surface area contributed by atoms with Gasteiger partial charge in [0.2, 0.25) is 5.91 Å². The third kappa shape index (κ3) is 5.51. The van der Waals surface area contributed by atoms with Crippen LogP contribution in [0.2, 0.25) is 0 Å². The van der Waals surface area contributed by atoms with Gasteiger partial charge >= 0.3 is 6.09 Å². The van der Waals surface area contributed by atoms with Crippen LogP contribution in [-0.2, 0) is 21.4 Å². The summed E-state index contributed by atoms with van der Waals surface area (Å²) in [7, 11) is 2.10. The second-order valence-electron chi connectivity index (χ2n) is 12.1. The molecule has 196 valence electrons. The molecule has 0 radical (unpaired) electrons. The van der Waals surface area contributed by atoms with Crippen molar-refractivity contribution in [2.24, 2.45) is 5.92 Å². The molecular formula is C28H39FN4O3. The third-order valence-corrected chi connectivity index (χ3v) is 8.20. The standard InChI is InChI=1S/C28H39FN4O3/c1-27(2,3)36-26(35)33-22-9-7-19(15-22)24(33)25(34)31-21(17-30)14-18-6-8-20(16-23(18)29)28(4)10-12-32(5)13-11-28/h6,8,16,19,21-22,24H,7,9-15H2,1-5H3,(H,31,34)/t19-,21-,22+,24?/m0/s1. The highest BCUT2D eigenvalue weighted by molar-refractivity contribution is 5.87. The summed E-state index contributed by atoms with van der Waals surface area (Å²) in [4.78, 5) is 30.0. The van der Waals surface area contributed by atoms with Crippen molar-refractivity contribution in [2.45, 2.75) is 95.4 Å². The summed E-state index contributed by atoms with van der Waals surface area (Å²) in [5.74, 6) is -0.666. The Morgan fingerprint density at radius 1 is 1.28 bits per heavy atom.